The second-order valence-electron chi connectivity index (χ2n) is 9.30. The zero-order valence-electron chi connectivity index (χ0n) is 21.9. The number of aliphatic hydroxyl groups excluding tert-OH is 2. The van der Waals surface area contributed by atoms with Gasteiger partial charge in [0.15, 0.2) is 5.82 Å². The number of rotatable bonds is 11. The summed E-state index contributed by atoms with van der Waals surface area (Å²) < 4.78 is 0. The lowest BCUT2D eigenvalue weighted by atomic mass is 9.97. The first-order chi connectivity index (χ1) is 17.2. The molecule has 1 heterocycles. The number of aromatic nitrogens is 2. The first-order valence-corrected chi connectivity index (χ1v) is 12.4. The van der Waals surface area contributed by atoms with Gasteiger partial charge < -0.3 is 20.8 Å². The summed E-state index contributed by atoms with van der Waals surface area (Å²) in [6.07, 6.45) is 3.39. The van der Waals surface area contributed by atoms with Gasteiger partial charge in [-0.25, -0.2) is 0 Å². The van der Waals surface area contributed by atoms with Crippen LogP contribution < -0.4 is 10.6 Å². The maximum atomic E-state index is 9.95. The van der Waals surface area contributed by atoms with Crippen molar-refractivity contribution in [1.82, 2.24) is 15.5 Å². The highest BCUT2D eigenvalue weighted by Crippen LogP contribution is 2.30. The Kier molecular flexibility index (Phi) is 9.28. The summed E-state index contributed by atoms with van der Waals surface area (Å²) in [4.78, 5) is 0. The normalized spacial score (nSPS) is 13.9. The Balaban J connectivity index is 1.68. The highest BCUT2D eigenvalue weighted by molar-refractivity contribution is 5.79. The largest absolute Gasteiger partial charge is 0.508 e. The maximum absolute atomic E-state index is 9.95. The summed E-state index contributed by atoms with van der Waals surface area (Å²) in [5.74, 6) is 0.814. The van der Waals surface area contributed by atoms with Crippen molar-refractivity contribution < 1.29 is 10.2 Å². The van der Waals surface area contributed by atoms with E-state index in [4.69, 9.17) is 0 Å². The third-order valence-corrected chi connectivity index (χ3v) is 6.27. The lowest BCUT2D eigenvalue weighted by Crippen LogP contribution is -2.24. The summed E-state index contributed by atoms with van der Waals surface area (Å²) in [6, 6.07) is 17.0. The molecule has 190 valence electrons. The molecular weight excluding hydrogens is 448 g/mol. The molecule has 2 unspecified atom stereocenters. The van der Waals surface area contributed by atoms with E-state index in [2.05, 4.69) is 65.5 Å². The van der Waals surface area contributed by atoms with Gasteiger partial charge in [0, 0.05) is 23.8 Å². The molecular formula is C30H38N4O2. The molecule has 0 aliphatic heterocycles. The molecule has 2 atom stereocenters. The molecule has 0 saturated heterocycles. The lowest BCUT2D eigenvalue weighted by molar-refractivity contribution is 0.238. The van der Waals surface area contributed by atoms with Crippen LogP contribution in [0, 0.1) is 6.92 Å². The molecule has 0 aliphatic carbocycles. The van der Waals surface area contributed by atoms with Gasteiger partial charge in [-0.1, -0.05) is 49.9 Å². The number of benzene rings is 2. The van der Waals surface area contributed by atoms with E-state index in [1.165, 1.54) is 11.6 Å². The maximum Gasteiger partial charge on any atom is 0.155 e. The Morgan fingerprint density at radius 3 is 2.39 bits per heavy atom. The lowest BCUT2D eigenvalue weighted by Gasteiger charge is -2.12. The summed E-state index contributed by atoms with van der Waals surface area (Å²) in [5, 5.41) is 33.9. The molecule has 0 spiro atoms. The van der Waals surface area contributed by atoms with Gasteiger partial charge in [-0.2, -0.15) is 5.10 Å². The highest BCUT2D eigenvalue weighted by atomic mass is 16.3. The van der Waals surface area contributed by atoms with Gasteiger partial charge >= 0.3 is 0 Å². The minimum Gasteiger partial charge on any atom is -0.508 e. The Hall–Kier alpha value is -3.61. The molecule has 1 aromatic heterocycles. The fourth-order valence-corrected chi connectivity index (χ4v) is 3.75. The average molecular weight is 487 g/mol. The van der Waals surface area contributed by atoms with Gasteiger partial charge in [-0.3, -0.25) is 5.10 Å². The van der Waals surface area contributed by atoms with E-state index in [9.17, 15) is 10.2 Å². The van der Waals surface area contributed by atoms with E-state index < -0.39 is 6.10 Å². The van der Waals surface area contributed by atoms with Crippen LogP contribution in [0.5, 0.6) is 0 Å². The number of hydrogen-bond acceptors (Lipinski definition) is 5. The second kappa shape index (κ2) is 12.4. The summed E-state index contributed by atoms with van der Waals surface area (Å²) >= 11 is 0. The standard InChI is InChI=1S/C30H38N4O2/c1-7-20(3)31-18-24-8-14-27(15-9-24)32-30-23(6)29(33-34-30)26-12-10-25(11-13-26)22(5)19(2)16-28(36)17-21(4)35/h8-17,20-21,31,35-36H,5,7,18H2,1-4,6H3,(H2,32,33,34)/b19-16-,28-17+. The monoisotopic (exact) mass is 486 g/mol. The Labute approximate surface area is 214 Å². The number of H-pyrrole nitrogens is 1. The van der Waals surface area contributed by atoms with Crippen LogP contribution in [0.15, 0.2) is 78.6 Å². The molecule has 3 aromatic rings. The van der Waals surface area contributed by atoms with Crippen LogP contribution in [-0.2, 0) is 6.54 Å². The Morgan fingerprint density at radius 2 is 1.78 bits per heavy atom. The van der Waals surface area contributed by atoms with Crippen molar-refractivity contribution in [2.24, 2.45) is 0 Å². The molecule has 5 N–H and O–H groups in total. The van der Waals surface area contributed by atoms with Crippen molar-refractivity contribution >= 4 is 17.1 Å². The van der Waals surface area contributed by atoms with E-state index in [1.54, 1.807) is 13.0 Å². The van der Waals surface area contributed by atoms with Crippen molar-refractivity contribution in [3.05, 3.63) is 95.3 Å². The molecule has 36 heavy (non-hydrogen) atoms. The number of anilines is 2. The van der Waals surface area contributed by atoms with Crippen LogP contribution in [0.3, 0.4) is 0 Å². The molecule has 6 heteroatoms. The highest BCUT2D eigenvalue weighted by Gasteiger charge is 2.12. The van der Waals surface area contributed by atoms with Crippen LogP contribution >= 0.6 is 0 Å². The summed E-state index contributed by atoms with van der Waals surface area (Å²) in [6.45, 7) is 14.9. The zero-order chi connectivity index (χ0) is 26.2. The van der Waals surface area contributed by atoms with Crippen LogP contribution in [0.25, 0.3) is 16.8 Å². The predicted molar refractivity (Wildman–Crippen MR) is 150 cm³/mol. The van der Waals surface area contributed by atoms with E-state index >= 15 is 0 Å². The Morgan fingerprint density at radius 1 is 1.11 bits per heavy atom. The third-order valence-electron chi connectivity index (χ3n) is 6.27. The van der Waals surface area contributed by atoms with Crippen molar-refractivity contribution in [3.8, 4) is 11.3 Å². The number of allylic oxidation sites excluding steroid dienone is 3. The van der Waals surface area contributed by atoms with Crippen molar-refractivity contribution in [1.29, 1.82) is 0 Å². The van der Waals surface area contributed by atoms with Gasteiger partial charge in [0.05, 0.1) is 11.8 Å². The van der Waals surface area contributed by atoms with Gasteiger partial charge in [-0.15, -0.1) is 0 Å². The van der Waals surface area contributed by atoms with Crippen molar-refractivity contribution in [2.45, 2.75) is 59.7 Å². The molecule has 0 bridgehead atoms. The molecule has 3 rings (SSSR count). The van der Waals surface area contributed by atoms with E-state index in [1.807, 2.05) is 38.1 Å². The molecule has 0 radical (unpaired) electrons. The van der Waals surface area contributed by atoms with Gasteiger partial charge in [0.2, 0.25) is 0 Å². The molecule has 0 fully saturated rings. The number of nitrogens with zero attached hydrogens (tertiary/aromatic N) is 1. The zero-order valence-corrected chi connectivity index (χ0v) is 21.9. The summed E-state index contributed by atoms with van der Waals surface area (Å²) in [5.41, 5.74) is 7.83. The number of nitrogens with one attached hydrogen (secondary N) is 3. The number of aliphatic hydroxyl groups is 2. The Bertz CT molecular complexity index is 1220. The third kappa shape index (κ3) is 7.20. The summed E-state index contributed by atoms with van der Waals surface area (Å²) in [7, 11) is 0. The second-order valence-corrected chi connectivity index (χ2v) is 9.30. The van der Waals surface area contributed by atoms with Crippen molar-refractivity contribution in [2.75, 3.05) is 5.32 Å². The van der Waals surface area contributed by atoms with Crippen molar-refractivity contribution in [3.63, 3.8) is 0 Å². The van der Waals surface area contributed by atoms with E-state index in [-0.39, 0.29) is 5.76 Å². The van der Waals surface area contributed by atoms with E-state index in [0.717, 1.165) is 58.0 Å². The predicted octanol–water partition coefficient (Wildman–Crippen LogP) is 6.80. The van der Waals surface area contributed by atoms with Crippen LogP contribution in [0.2, 0.25) is 0 Å². The average Bonchev–Trinajstić information content (AvgIpc) is 3.22. The smallest absolute Gasteiger partial charge is 0.155 e. The molecule has 0 aliphatic rings. The van der Waals surface area contributed by atoms with E-state index in [0.29, 0.717) is 6.04 Å². The van der Waals surface area contributed by atoms with Crippen LogP contribution in [-0.4, -0.2) is 32.6 Å². The first-order valence-electron chi connectivity index (χ1n) is 12.4. The first kappa shape index (κ1) is 27.0. The molecule has 0 amide bonds. The minimum atomic E-state index is -0.713. The fraction of sp³-hybridized carbons (Fsp3) is 0.300. The topological polar surface area (TPSA) is 93.2 Å². The quantitative estimate of drug-likeness (QED) is 0.152. The minimum absolute atomic E-state index is 0.0192. The van der Waals surface area contributed by atoms with Gasteiger partial charge in [-0.05, 0) is 86.2 Å². The van der Waals surface area contributed by atoms with Gasteiger partial charge in [0.1, 0.15) is 5.76 Å². The van der Waals surface area contributed by atoms with Crippen LogP contribution in [0.1, 0.15) is 50.8 Å². The SMILES string of the molecule is C=C(/C(C)=C\C(O)=C/C(C)O)c1ccc(-c2[nH]nc(Nc3ccc(CNC(C)CC)cc3)c2C)cc1. The van der Waals surface area contributed by atoms with Gasteiger partial charge in [0.25, 0.3) is 0 Å². The number of hydrogen-bond donors (Lipinski definition) is 5. The molecule has 2 aromatic carbocycles. The fourth-order valence-electron chi connectivity index (χ4n) is 3.75. The molecule has 6 nitrogen and oxygen atoms in total. The van der Waals surface area contributed by atoms with Crippen LogP contribution in [0.4, 0.5) is 11.5 Å². The molecule has 0 saturated carbocycles. The number of aromatic amines is 1.